The molecule has 0 bridgehead atoms. The largest absolute Gasteiger partial charge is 0.481 e. The summed E-state index contributed by atoms with van der Waals surface area (Å²) in [5, 5.41) is 2.78. The van der Waals surface area contributed by atoms with Crippen molar-refractivity contribution in [1.82, 2.24) is 4.90 Å². The van der Waals surface area contributed by atoms with Crippen LogP contribution < -0.4 is 10.1 Å². The number of ether oxygens (including phenoxy) is 1. The summed E-state index contributed by atoms with van der Waals surface area (Å²) in [6, 6.07) is 13.1. The summed E-state index contributed by atoms with van der Waals surface area (Å²) in [6.45, 7) is 8.06. The van der Waals surface area contributed by atoms with Gasteiger partial charge in [-0.2, -0.15) is 0 Å². The van der Waals surface area contributed by atoms with Gasteiger partial charge in [0.05, 0.1) is 0 Å². The molecule has 0 aliphatic heterocycles. The molecule has 0 saturated carbocycles. The lowest BCUT2D eigenvalue weighted by molar-refractivity contribution is -0.122. The van der Waals surface area contributed by atoms with Gasteiger partial charge in [0.2, 0.25) is 0 Å². The summed E-state index contributed by atoms with van der Waals surface area (Å²) in [7, 11) is 3.41. The Balaban J connectivity index is 2.01. The Morgan fingerprint density at radius 2 is 1.79 bits per heavy atom. The Kier molecular flexibility index (Phi) is 7.52. The smallest absolute Gasteiger partial charge is 0.285 e. The number of nitrogens with one attached hydrogen (secondary N) is 1. The first-order valence-electron chi connectivity index (χ1n) is 9.24. The first-order chi connectivity index (χ1) is 13.2. The summed E-state index contributed by atoms with van der Waals surface area (Å²) < 4.78 is 5.81. The first kappa shape index (κ1) is 21.8. The number of hydrogen-bond donors (Lipinski definition) is 1. The monoisotopic (exact) mass is 400 g/mol. The molecule has 150 valence electrons. The number of thioether (sulfide) groups is 1. The minimum absolute atomic E-state index is 0.0691. The van der Waals surface area contributed by atoms with Crippen molar-refractivity contribution in [3.8, 4) is 5.75 Å². The van der Waals surface area contributed by atoms with Crippen LogP contribution in [-0.4, -0.2) is 36.2 Å². The molecule has 1 N–H and O–H groups in total. The maximum atomic E-state index is 12.5. The number of hydrogen-bond acceptors (Lipinski definition) is 4. The Labute approximate surface area is 171 Å². The lowest BCUT2D eigenvalue weighted by Crippen LogP contribution is -2.30. The SMILES string of the molecule is Cc1cc(OC(C)C(=O)Nc2cccc(SC(=O)N(C)C)c2)ccc1C(C)C. The van der Waals surface area contributed by atoms with E-state index in [0.29, 0.717) is 17.4 Å². The van der Waals surface area contributed by atoms with Gasteiger partial charge in [-0.15, -0.1) is 0 Å². The molecular formula is C22H28N2O3S. The van der Waals surface area contributed by atoms with Crippen molar-refractivity contribution in [2.45, 2.75) is 44.6 Å². The molecule has 0 saturated heterocycles. The van der Waals surface area contributed by atoms with Gasteiger partial charge in [-0.25, -0.2) is 0 Å². The second-order valence-corrected chi connectivity index (χ2v) is 8.24. The molecule has 0 fully saturated rings. The molecule has 0 aromatic heterocycles. The van der Waals surface area contributed by atoms with Crippen LogP contribution in [-0.2, 0) is 4.79 Å². The Hall–Kier alpha value is -2.47. The Morgan fingerprint density at radius 3 is 2.39 bits per heavy atom. The molecule has 5 nitrogen and oxygen atoms in total. The summed E-state index contributed by atoms with van der Waals surface area (Å²) >= 11 is 1.11. The minimum Gasteiger partial charge on any atom is -0.481 e. The lowest BCUT2D eigenvalue weighted by Gasteiger charge is -2.17. The number of nitrogens with zero attached hydrogens (tertiary/aromatic N) is 1. The van der Waals surface area contributed by atoms with Crippen molar-refractivity contribution < 1.29 is 14.3 Å². The van der Waals surface area contributed by atoms with Crippen LogP contribution in [0, 0.1) is 6.92 Å². The molecule has 1 unspecified atom stereocenters. The standard InChI is InChI=1S/C22H28N2O3S/c1-14(2)20-11-10-18(12-15(20)3)27-16(4)21(25)23-17-8-7-9-19(13-17)28-22(26)24(5)6/h7-14,16H,1-6H3,(H,23,25). The zero-order chi connectivity index (χ0) is 20.8. The van der Waals surface area contributed by atoms with Crippen LogP contribution in [0.15, 0.2) is 47.4 Å². The van der Waals surface area contributed by atoms with E-state index in [9.17, 15) is 9.59 Å². The zero-order valence-corrected chi connectivity index (χ0v) is 18.1. The van der Waals surface area contributed by atoms with E-state index in [-0.39, 0.29) is 11.1 Å². The summed E-state index contributed by atoms with van der Waals surface area (Å²) in [4.78, 5) is 26.6. The maximum absolute atomic E-state index is 12.5. The lowest BCUT2D eigenvalue weighted by atomic mass is 9.98. The van der Waals surface area contributed by atoms with Crippen molar-refractivity contribution in [3.05, 3.63) is 53.6 Å². The molecule has 2 aromatic carbocycles. The van der Waals surface area contributed by atoms with Gasteiger partial charge in [-0.05, 0) is 73.0 Å². The van der Waals surface area contributed by atoms with Crippen LogP contribution in [0.5, 0.6) is 5.75 Å². The van der Waals surface area contributed by atoms with Gasteiger partial charge in [0.1, 0.15) is 5.75 Å². The summed E-state index contributed by atoms with van der Waals surface area (Å²) in [6.07, 6.45) is -0.649. The third-order valence-electron chi connectivity index (χ3n) is 4.22. The van der Waals surface area contributed by atoms with Gasteiger partial charge in [0.15, 0.2) is 6.10 Å². The van der Waals surface area contributed by atoms with Crippen LogP contribution in [0.1, 0.15) is 37.8 Å². The van der Waals surface area contributed by atoms with E-state index in [1.165, 1.54) is 10.5 Å². The van der Waals surface area contributed by atoms with Gasteiger partial charge in [0.25, 0.3) is 11.1 Å². The molecule has 0 aliphatic carbocycles. The van der Waals surface area contributed by atoms with E-state index in [4.69, 9.17) is 4.74 Å². The van der Waals surface area contributed by atoms with Gasteiger partial charge >= 0.3 is 0 Å². The number of carbonyl (C=O) groups excluding carboxylic acids is 2. The van der Waals surface area contributed by atoms with Gasteiger partial charge < -0.3 is 15.0 Å². The van der Waals surface area contributed by atoms with Crippen molar-refractivity contribution in [2.75, 3.05) is 19.4 Å². The van der Waals surface area contributed by atoms with E-state index in [0.717, 1.165) is 22.2 Å². The Bertz CT molecular complexity index is 849. The van der Waals surface area contributed by atoms with Crippen LogP contribution in [0.4, 0.5) is 10.5 Å². The molecule has 28 heavy (non-hydrogen) atoms. The molecule has 0 radical (unpaired) electrons. The number of rotatable bonds is 6. The number of aryl methyl sites for hydroxylation is 1. The van der Waals surface area contributed by atoms with Crippen molar-refractivity contribution in [3.63, 3.8) is 0 Å². The molecule has 0 aliphatic rings. The second kappa shape index (κ2) is 9.64. The number of carbonyl (C=O) groups is 2. The normalized spacial score (nSPS) is 11.8. The highest BCUT2D eigenvalue weighted by Gasteiger charge is 2.16. The predicted octanol–water partition coefficient (Wildman–Crippen LogP) is 5.30. The van der Waals surface area contributed by atoms with E-state index >= 15 is 0 Å². The minimum atomic E-state index is -0.649. The zero-order valence-electron chi connectivity index (χ0n) is 17.3. The van der Waals surface area contributed by atoms with E-state index in [1.807, 2.05) is 31.2 Å². The molecular weight excluding hydrogens is 372 g/mol. The molecule has 0 spiro atoms. The van der Waals surface area contributed by atoms with E-state index in [1.54, 1.807) is 39.2 Å². The maximum Gasteiger partial charge on any atom is 0.285 e. The van der Waals surface area contributed by atoms with Crippen LogP contribution >= 0.6 is 11.8 Å². The van der Waals surface area contributed by atoms with E-state index < -0.39 is 6.10 Å². The fourth-order valence-electron chi connectivity index (χ4n) is 2.70. The molecule has 2 amide bonds. The Morgan fingerprint density at radius 1 is 1.07 bits per heavy atom. The average Bonchev–Trinajstić information content (AvgIpc) is 2.61. The molecule has 2 rings (SSSR count). The highest BCUT2D eigenvalue weighted by molar-refractivity contribution is 8.13. The van der Waals surface area contributed by atoms with Gasteiger partial charge in [0, 0.05) is 24.7 Å². The fourth-order valence-corrected chi connectivity index (χ4v) is 3.42. The van der Waals surface area contributed by atoms with E-state index in [2.05, 4.69) is 19.2 Å². The second-order valence-electron chi connectivity index (χ2n) is 7.21. The molecule has 0 heterocycles. The first-order valence-corrected chi connectivity index (χ1v) is 10.1. The fraction of sp³-hybridized carbons (Fsp3) is 0.364. The molecule has 2 aromatic rings. The van der Waals surface area contributed by atoms with Crippen LogP contribution in [0.3, 0.4) is 0 Å². The number of benzene rings is 2. The highest BCUT2D eigenvalue weighted by atomic mass is 32.2. The van der Waals surface area contributed by atoms with Crippen LogP contribution in [0.2, 0.25) is 0 Å². The van der Waals surface area contributed by atoms with Crippen molar-refractivity contribution in [1.29, 1.82) is 0 Å². The van der Waals surface area contributed by atoms with Crippen molar-refractivity contribution >= 4 is 28.6 Å². The third kappa shape index (κ3) is 6.02. The topological polar surface area (TPSA) is 58.6 Å². The van der Waals surface area contributed by atoms with Gasteiger partial charge in [-0.1, -0.05) is 26.0 Å². The number of anilines is 1. The number of amides is 2. The van der Waals surface area contributed by atoms with Gasteiger partial charge in [-0.3, -0.25) is 9.59 Å². The average molecular weight is 401 g/mol. The summed E-state index contributed by atoms with van der Waals surface area (Å²) in [5.74, 6) is 0.872. The third-order valence-corrected chi connectivity index (χ3v) is 5.25. The van der Waals surface area contributed by atoms with Crippen LogP contribution in [0.25, 0.3) is 0 Å². The summed E-state index contributed by atoms with van der Waals surface area (Å²) in [5.41, 5.74) is 3.05. The van der Waals surface area contributed by atoms with Crippen molar-refractivity contribution in [2.24, 2.45) is 0 Å². The molecule has 1 atom stereocenters. The highest BCUT2D eigenvalue weighted by Crippen LogP contribution is 2.25. The quantitative estimate of drug-likeness (QED) is 0.669. The molecule has 6 heteroatoms. The predicted molar refractivity (Wildman–Crippen MR) is 115 cm³/mol.